The van der Waals surface area contributed by atoms with E-state index in [0.29, 0.717) is 56.8 Å². The number of unbranched alkanes of at least 4 members (excludes halogenated alkanes) is 1. The summed E-state index contributed by atoms with van der Waals surface area (Å²) in [6.07, 6.45) is 12.3. The lowest BCUT2D eigenvalue weighted by Crippen LogP contribution is -2.47. The van der Waals surface area contributed by atoms with Crippen LogP contribution in [0.5, 0.6) is 23.0 Å². The molecule has 4 amide bonds. The number of nitrogens with zero attached hydrogens (tertiary/aromatic N) is 2. The minimum Gasteiger partial charge on any atom is -0.507 e. The average molecular weight is 1250 g/mol. The number of piperidine rings is 4. The van der Waals surface area contributed by atoms with Crippen LogP contribution in [0.2, 0.25) is 0 Å². The molecule has 9 rings (SSSR count). The number of carbonyl (C=O) groups excluding carboxylic acids is 6. The van der Waals surface area contributed by atoms with Crippen molar-refractivity contribution in [1.29, 1.82) is 0 Å². The van der Waals surface area contributed by atoms with Crippen LogP contribution in [0.15, 0.2) is 127 Å². The van der Waals surface area contributed by atoms with Crippen LogP contribution in [-0.4, -0.2) is 130 Å². The van der Waals surface area contributed by atoms with E-state index in [2.05, 4.69) is 57.6 Å². The van der Waals surface area contributed by atoms with Crippen molar-refractivity contribution in [3.63, 3.8) is 0 Å². The van der Waals surface area contributed by atoms with E-state index >= 15 is 0 Å². The molecule has 0 unspecified atom stereocenters. The van der Waals surface area contributed by atoms with Gasteiger partial charge in [-0.2, -0.15) is 0 Å². The number of hydrogen-bond acceptors (Lipinski definition) is 14. The van der Waals surface area contributed by atoms with Crippen molar-refractivity contribution in [2.24, 2.45) is 0 Å². The fraction of sp³-hybridized carbons (Fsp3) is 0.403. The van der Waals surface area contributed by atoms with Crippen molar-refractivity contribution in [3.05, 3.63) is 142 Å². The maximum Gasteiger partial charge on any atom is 0.326 e. The number of hydrogen-bond donors (Lipinski definition) is 9. The maximum atomic E-state index is 12.4. The number of halogens is 1. The number of anilines is 2. The number of aliphatic hydroxyl groups excluding tert-OH is 2. The molecule has 4 aliphatic heterocycles. The number of phenolic OH excluding ortho intramolecular Hbond substituents is 3. The number of carboxylic acids is 1. The highest BCUT2D eigenvalue weighted by Gasteiger charge is 2.31. The highest BCUT2D eigenvalue weighted by atomic mass is 127. The van der Waals surface area contributed by atoms with Crippen molar-refractivity contribution < 1.29 is 68.9 Å². The number of aldehydes is 2. The van der Waals surface area contributed by atoms with E-state index in [1.54, 1.807) is 21.9 Å². The molecule has 4 fully saturated rings. The van der Waals surface area contributed by atoms with E-state index in [4.69, 9.17) is 25.2 Å². The summed E-state index contributed by atoms with van der Waals surface area (Å²) in [4.78, 5) is 80.4. The summed E-state index contributed by atoms with van der Waals surface area (Å²) >= 11 is 2.28. The van der Waals surface area contributed by atoms with E-state index in [1.165, 1.54) is 40.7 Å². The Bertz CT molecular complexity index is 2640. The van der Waals surface area contributed by atoms with Gasteiger partial charge in [-0.25, -0.2) is 4.79 Å². The number of aliphatic hydroxyl groups is 2. The molecule has 20 heteroatoms. The largest absolute Gasteiger partial charge is 0.507 e. The molecule has 4 aliphatic rings. The molecular weight excluding hydrogens is 1170 g/mol. The van der Waals surface area contributed by atoms with Crippen LogP contribution in [0.3, 0.4) is 0 Å². The van der Waals surface area contributed by atoms with Gasteiger partial charge < -0.3 is 61.1 Å². The van der Waals surface area contributed by atoms with Crippen LogP contribution in [0.25, 0.3) is 0 Å². The minimum atomic E-state index is -0.937. The summed E-state index contributed by atoms with van der Waals surface area (Å²) in [6, 6.07) is 37.3. The molecule has 0 aliphatic carbocycles. The van der Waals surface area contributed by atoms with Gasteiger partial charge in [-0.3, -0.25) is 28.8 Å². The monoisotopic (exact) mass is 1250 g/mol. The zero-order chi connectivity index (χ0) is 59.4. The minimum absolute atomic E-state index is 0. The molecule has 0 aromatic heterocycles. The molecule has 446 valence electrons. The number of phenols is 3. The highest BCUT2D eigenvalue weighted by Crippen LogP contribution is 2.30. The molecule has 9 N–H and O–H groups in total. The van der Waals surface area contributed by atoms with Gasteiger partial charge in [0.2, 0.25) is 23.6 Å². The standard InChI is InChI=1S/C19H19NO4.C12H15NO2.C7H6O3.C6H5I.C6H9NO3.C6H11NO2.C5H13N.CH4/c21-12-16-17(22)9-5-10-18(16)24-13-15-8-4-11-19(23)20(15)14-6-2-1-3-7-14;14-9-11-7-4-8-12(15)13(11)10-5-2-1-3-6-10;8-4-5-6(9)2-1-3-7(5)10;7-6-4-2-1-3-5-6;8-5-3-1-2-4(7-5)6(9)10;8-4-5-2-1-3-6(9)7-5;1-3-4-5-6-2;/h1-3,5-7,9-10,12,15,22H,4,8,11,13H2;1-3,5-6,11,14H,4,7-9H2;1-4,9-10H;1-5H;4H,1-3H2,(H,7,8)(H,9,10);5,8H,1-4H2,(H,7,9);6H,3-5H2,1-2H3;1H4/t15-;11-;;;4-;5-;;/m00..00../s1. The molecule has 4 saturated heterocycles. The van der Waals surface area contributed by atoms with E-state index in [-0.39, 0.29) is 97.4 Å². The van der Waals surface area contributed by atoms with E-state index in [9.17, 15) is 43.8 Å². The van der Waals surface area contributed by atoms with Crippen LogP contribution in [0, 0.1) is 3.57 Å². The first-order chi connectivity index (χ1) is 39.1. The summed E-state index contributed by atoms with van der Waals surface area (Å²) in [5.74, 6) is -1.01. The Balaban J connectivity index is 0.000000345. The van der Waals surface area contributed by atoms with Crippen molar-refractivity contribution >= 4 is 76.1 Å². The molecule has 0 saturated carbocycles. The summed E-state index contributed by atoms with van der Waals surface area (Å²) < 4.78 is 7.06. The van der Waals surface area contributed by atoms with E-state index in [1.807, 2.05) is 85.9 Å². The molecule has 0 radical (unpaired) electrons. The van der Waals surface area contributed by atoms with Gasteiger partial charge in [-0.1, -0.05) is 87.5 Å². The fourth-order valence-corrected chi connectivity index (χ4v) is 8.92. The highest BCUT2D eigenvalue weighted by molar-refractivity contribution is 14.1. The summed E-state index contributed by atoms with van der Waals surface area (Å²) in [5, 5.41) is 61.9. The predicted octanol–water partition coefficient (Wildman–Crippen LogP) is 8.96. The quantitative estimate of drug-likeness (QED) is 0.0302. The van der Waals surface area contributed by atoms with Crippen LogP contribution < -0.4 is 30.5 Å². The van der Waals surface area contributed by atoms with Gasteiger partial charge in [0.25, 0.3) is 0 Å². The van der Waals surface area contributed by atoms with Crippen LogP contribution in [0.4, 0.5) is 11.4 Å². The van der Waals surface area contributed by atoms with Crippen LogP contribution in [0.1, 0.15) is 125 Å². The summed E-state index contributed by atoms with van der Waals surface area (Å²) in [5.41, 5.74) is 1.80. The Labute approximate surface area is 495 Å². The van der Waals surface area contributed by atoms with Crippen molar-refractivity contribution in [2.75, 3.05) is 43.2 Å². The first-order valence-corrected chi connectivity index (χ1v) is 28.2. The first-order valence-electron chi connectivity index (χ1n) is 27.1. The normalized spacial score (nSPS) is 17.8. The van der Waals surface area contributed by atoms with Gasteiger partial charge in [0.05, 0.1) is 42.5 Å². The zero-order valence-electron chi connectivity index (χ0n) is 46.0. The number of amides is 4. The van der Waals surface area contributed by atoms with Crippen molar-refractivity contribution in [1.82, 2.24) is 16.0 Å². The third-order valence-corrected chi connectivity index (χ3v) is 13.5. The molecule has 0 spiro atoms. The smallest absolute Gasteiger partial charge is 0.326 e. The Kier molecular flexibility index (Phi) is 35.1. The molecule has 19 nitrogen and oxygen atoms in total. The molecule has 5 aromatic rings. The number of aliphatic carboxylic acids is 1. The molecule has 4 heterocycles. The topological polar surface area (TPSA) is 293 Å². The van der Waals surface area contributed by atoms with Crippen LogP contribution >= 0.6 is 22.6 Å². The second-order valence-corrected chi connectivity index (χ2v) is 20.1. The van der Waals surface area contributed by atoms with Crippen molar-refractivity contribution in [3.8, 4) is 23.0 Å². The number of para-hydroxylation sites is 2. The van der Waals surface area contributed by atoms with Gasteiger partial charge in [0.1, 0.15) is 35.6 Å². The SMILES string of the molecule is C.CCCCNC.Ic1ccccc1.O=C1CCC[C@@H](C(=O)O)N1.O=C1CCC[C@@H](CO)N1.O=C1CCC[C@@H](CO)N1c1ccccc1.O=Cc1c(O)cccc1O.O=Cc1c(O)cccc1OC[C@@H]1CCCC(=O)N1c1ccccc1. The Morgan fingerprint density at radius 2 is 1.09 bits per heavy atom. The lowest BCUT2D eigenvalue weighted by Gasteiger charge is -2.35. The Morgan fingerprint density at radius 1 is 0.622 bits per heavy atom. The third-order valence-electron chi connectivity index (χ3n) is 12.8. The van der Waals surface area contributed by atoms with Crippen LogP contribution in [-0.2, 0) is 24.0 Å². The summed E-state index contributed by atoms with van der Waals surface area (Å²) in [7, 11) is 1.98. The van der Waals surface area contributed by atoms with Gasteiger partial charge in [0.15, 0.2) is 12.6 Å². The molecule has 5 aromatic carbocycles. The average Bonchev–Trinajstić information content (AvgIpc) is 3.65. The second kappa shape index (κ2) is 40.7. The number of aromatic hydroxyl groups is 3. The number of benzene rings is 5. The molecular formula is C62H82IN5O14. The summed E-state index contributed by atoms with van der Waals surface area (Å²) in [6.45, 7) is 3.74. The fourth-order valence-electron chi connectivity index (χ4n) is 8.50. The van der Waals surface area contributed by atoms with E-state index in [0.717, 1.165) is 56.4 Å². The third kappa shape index (κ3) is 25.6. The number of carbonyl (C=O) groups is 7. The van der Waals surface area contributed by atoms with Gasteiger partial charge in [-0.15, -0.1) is 0 Å². The first kappa shape index (κ1) is 70.7. The molecule has 4 atom stereocenters. The number of rotatable bonds is 13. The van der Waals surface area contributed by atoms with Gasteiger partial charge >= 0.3 is 5.97 Å². The second-order valence-electron chi connectivity index (χ2n) is 18.9. The van der Waals surface area contributed by atoms with Gasteiger partial charge in [-0.05, 0) is 155 Å². The molecule has 0 bridgehead atoms. The zero-order valence-corrected chi connectivity index (χ0v) is 48.2. The van der Waals surface area contributed by atoms with Crippen molar-refractivity contribution in [2.45, 2.75) is 128 Å². The number of nitrogens with one attached hydrogen (secondary N) is 3. The predicted molar refractivity (Wildman–Crippen MR) is 325 cm³/mol. The maximum absolute atomic E-state index is 12.4. The molecule has 82 heavy (non-hydrogen) atoms. The lowest BCUT2D eigenvalue weighted by atomic mass is 10.0. The van der Waals surface area contributed by atoms with Gasteiger partial charge in [0, 0.05) is 40.6 Å². The van der Waals surface area contributed by atoms with E-state index < -0.39 is 12.0 Å². The number of carboxylic acid groups (broad SMARTS) is 1. The number of ether oxygens (including phenoxy) is 1. The Hall–Kier alpha value is -7.40. The lowest BCUT2D eigenvalue weighted by molar-refractivity contribution is -0.143. The Morgan fingerprint density at radius 3 is 1.48 bits per heavy atom.